The van der Waals surface area contributed by atoms with E-state index in [9.17, 15) is 18.0 Å². The lowest BCUT2D eigenvalue weighted by atomic mass is 10.3. The minimum atomic E-state index is -3.93. The fourth-order valence-corrected chi connectivity index (χ4v) is 1.65. The van der Waals surface area contributed by atoms with E-state index < -0.39 is 22.3 Å². The SMILES string of the molecule is CCOC(=O)CCCNS(=O)(=O)NC(=O)OC. The van der Waals surface area contributed by atoms with Crippen molar-refractivity contribution in [1.82, 2.24) is 9.44 Å². The Hall–Kier alpha value is -1.35. The van der Waals surface area contributed by atoms with Crippen molar-refractivity contribution in [3.05, 3.63) is 0 Å². The topological polar surface area (TPSA) is 111 Å². The molecule has 17 heavy (non-hydrogen) atoms. The minimum absolute atomic E-state index is 0.0190. The van der Waals surface area contributed by atoms with E-state index in [-0.39, 0.29) is 26.0 Å². The summed E-state index contributed by atoms with van der Waals surface area (Å²) in [6.07, 6.45) is -0.696. The van der Waals surface area contributed by atoms with Gasteiger partial charge in [-0.3, -0.25) is 4.79 Å². The molecular weight excluding hydrogens is 252 g/mol. The maximum absolute atomic E-state index is 11.1. The second-order valence-electron chi connectivity index (χ2n) is 2.90. The lowest BCUT2D eigenvalue weighted by molar-refractivity contribution is -0.143. The highest BCUT2D eigenvalue weighted by atomic mass is 32.2. The van der Waals surface area contributed by atoms with Crippen molar-refractivity contribution in [1.29, 1.82) is 0 Å². The van der Waals surface area contributed by atoms with Crippen LogP contribution < -0.4 is 9.44 Å². The molecule has 2 N–H and O–H groups in total. The number of carbonyl (C=O) groups excluding carboxylic acids is 2. The van der Waals surface area contributed by atoms with E-state index in [1.807, 2.05) is 0 Å². The highest BCUT2D eigenvalue weighted by Gasteiger charge is 2.13. The molecule has 0 fully saturated rings. The molecule has 9 heteroatoms. The van der Waals surface area contributed by atoms with Gasteiger partial charge < -0.3 is 9.47 Å². The van der Waals surface area contributed by atoms with Crippen molar-refractivity contribution in [3.8, 4) is 0 Å². The van der Waals surface area contributed by atoms with Crippen LogP contribution in [-0.2, 0) is 24.5 Å². The van der Waals surface area contributed by atoms with E-state index in [4.69, 9.17) is 0 Å². The second-order valence-corrected chi connectivity index (χ2v) is 4.40. The summed E-state index contributed by atoms with van der Waals surface area (Å²) in [6.45, 7) is 1.99. The molecule has 1 amide bonds. The predicted molar refractivity (Wildman–Crippen MR) is 58.3 cm³/mol. The highest BCUT2D eigenvalue weighted by molar-refractivity contribution is 7.88. The maximum atomic E-state index is 11.1. The maximum Gasteiger partial charge on any atom is 0.421 e. The molecule has 100 valence electrons. The normalized spacial score (nSPS) is 10.7. The molecule has 0 bridgehead atoms. The molecule has 0 saturated carbocycles. The van der Waals surface area contributed by atoms with Gasteiger partial charge in [-0.15, -0.1) is 0 Å². The average molecular weight is 268 g/mol. The fraction of sp³-hybridized carbons (Fsp3) is 0.750. The number of nitrogens with one attached hydrogen (secondary N) is 2. The van der Waals surface area contributed by atoms with Gasteiger partial charge in [-0.05, 0) is 13.3 Å². The monoisotopic (exact) mass is 268 g/mol. The Bertz CT molecular complexity index is 353. The third kappa shape index (κ3) is 8.46. The number of rotatable bonds is 7. The van der Waals surface area contributed by atoms with Crippen molar-refractivity contribution >= 4 is 22.3 Å². The molecule has 0 aliphatic heterocycles. The molecule has 0 heterocycles. The quantitative estimate of drug-likeness (QED) is 0.476. The van der Waals surface area contributed by atoms with Gasteiger partial charge in [0.05, 0.1) is 13.7 Å². The van der Waals surface area contributed by atoms with E-state index in [0.717, 1.165) is 7.11 Å². The summed E-state index contributed by atoms with van der Waals surface area (Å²) in [5.74, 6) is -0.396. The molecular formula is C8H16N2O6S. The van der Waals surface area contributed by atoms with Gasteiger partial charge in [-0.25, -0.2) is 9.52 Å². The van der Waals surface area contributed by atoms with Crippen LogP contribution in [0.3, 0.4) is 0 Å². The number of carbonyl (C=O) groups is 2. The Labute approximate surface area is 99.8 Å². The standard InChI is InChI=1S/C8H16N2O6S/c1-3-16-7(11)5-4-6-9-17(13,14)10-8(12)15-2/h9H,3-6H2,1-2H3,(H,10,12). The number of amides is 1. The first kappa shape index (κ1) is 15.7. The van der Waals surface area contributed by atoms with Crippen LogP contribution in [-0.4, -0.2) is 40.7 Å². The predicted octanol–water partition coefficient (Wildman–Crippen LogP) is -0.480. The first-order valence-electron chi connectivity index (χ1n) is 4.92. The fourth-order valence-electron chi connectivity index (χ4n) is 0.860. The van der Waals surface area contributed by atoms with E-state index in [1.165, 1.54) is 0 Å². The second kappa shape index (κ2) is 7.85. The van der Waals surface area contributed by atoms with Gasteiger partial charge in [0.25, 0.3) is 0 Å². The van der Waals surface area contributed by atoms with Gasteiger partial charge in [0.2, 0.25) is 0 Å². The molecule has 0 aromatic heterocycles. The van der Waals surface area contributed by atoms with Crippen LogP contribution in [0.4, 0.5) is 4.79 Å². The Morgan fingerprint density at radius 1 is 1.29 bits per heavy atom. The molecule has 0 aliphatic rings. The van der Waals surface area contributed by atoms with Crippen LogP contribution in [0.5, 0.6) is 0 Å². The van der Waals surface area contributed by atoms with Gasteiger partial charge in [-0.1, -0.05) is 0 Å². The van der Waals surface area contributed by atoms with Crippen molar-refractivity contribution in [2.75, 3.05) is 20.3 Å². The molecule has 0 saturated heterocycles. The van der Waals surface area contributed by atoms with Gasteiger partial charge in [0.15, 0.2) is 0 Å². The summed E-state index contributed by atoms with van der Waals surface area (Å²) in [5, 5.41) is 0. The van der Waals surface area contributed by atoms with Crippen LogP contribution in [0.25, 0.3) is 0 Å². The molecule has 0 rings (SSSR count). The summed E-state index contributed by atoms with van der Waals surface area (Å²) in [4.78, 5) is 21.5. The van der Waals surface area contributed by atoms with E-state index in [1.54, 1.807) is 11.6 Å². The zero-order valence-corrected chi connectivity index (χ0v) is 10.5. The van der Waals surface area contributed by atoms with Gasteiger partial charge in [0.1, 0.15) is 0 Å². The van der Waals surface area contributed by atoms with Crippen LogP contribution in [0.1, 0.15) is 19.8 Å². The number of esters is 1. The van der Waals surface area contributed by atoms with Crippen molar-refractivity contribution in [2.45, 2.75) is 19.8 Å². The van der Waals surface area contributed by atoms with E-state index in [2.05, 4.69) is 14.2 Å². The van der Waals surface area contributed by atoms with Crippen molar-refractivity contribution in [3.63, 3.8) is 0 Å². The third-order valence-electron chi connectivity index (χ3n) is 1.56. The zero-order chi connectivity index (χ0) is 13.3. The summed E-state index contributed by atoms with van der Waals surface area (Å²) >= 11 is 0. The molecule has 0 aromatic rings. The number of methoxy groups -OCH3 is 1. The molecule has 0 aromatic carbocycles. The Balaban J connectivity index is 3.81. The zero-order valence-electron chi connectivity index (χ0n) is 9.69. The van der Waals surface area contributed by atoms with Gasteiger partial charge in [0, 0.05) is 13.0 Å². The number of hydrogen-bond acceptors (Lipinski definition) is 6. The molecule has 0 unspecified atom stereocenters. The molecule has 0 spiro atoms. The number of ether oxygens (including phenoxy) is 2. The Morgan fingerprint density at radius 3 is 2.47 bits per heavy atom. The lowest BCUT2D eigenvalue weighted by Crippen LogP contribution is -2.40. The van der Waals surface area contributed by atoms with Crippen LogP contribution in [0, 0.1) is 0 Å². The van der Waals surface area contributed by atoms with Crippen LogP contribution in [0.2, 0.25) is 0 Å². The summed E-state index contributed by atoms with van der Waals surface area (Å²) in [7, 11) is -2.88. The third-order valence-corrected chi connectivity index (χ3v) is 2.58. The molecule has 0 atom stereocenters. The Kier molecular flexibility index (Phi) is 7.22. The van der Waals surface area contributed by atoms with Crippen LogP contribution >= 0.6 is 0 Å². The lowest BCUT2D eigenvalue weighted by Gasteiger charge is -2.06. The molecule has 0 radical (unpaired) electrons. The smallest absolute Gasteiger partial charge is 0.421 e. The van der Waals surface area contributed by atoms with Gasteiger partial charge in [-0.2, -0.15) is 13.1 Å². The molecule has 8 nitrogen and oxygen atoms in total. The van der Waals surface area contributed by atoms with Crippen molar-refractivity contribution in [2.24, 2.45) is 0 Å². The highest BCUT2D eigenvalue weighted by Crippen LogP contribution is 1.92. The summed E-state index contributed by atoms with van der Waals surface area (Å²) in [6, 6.07) is 0. The van der Waals surface area contributed by atoms with E-state index in [0.29, 0.717) is 0 Å². The summed E-state index contributed by atoms with van der Waals surface area (Å²) < 4.78 is 34.7. The minimum Gasteiger partial charge on any atom is -0.466 e. The number of hydrogen-bond donors (Lipinski definition) is 2. The summed E-state index contributed by atoms with van der Waals surface area (Å²) in [5.41, 5.74) is 0. The Morgan fingerprint density at radius 2 is 1.94 bits per heavy atom. The van der Waals surface area contributed by atoms with Crippen molar-refractivity contribution < 1.29 is 27.5 Å². The molecule has 0 aliphatic carbocycles. The van der Waals surface area contributed by atoms with E-state index >= 15 is 0 Å². The van der Waals surface area contributed by atoms with Gasteiger partial charge >= 0.3 is 22.3 Å². The average Bonchev–Trinajstić information content (AvgIpc) is 2.24. The first-order valence-corrected chi connectivity index (χ1v) is 6.40. The van der Waals surface area contributed by atoms with Crippen LogP contribution in [0.15, 0.2) is 0 Å². The first-order chi connectivity index (χ1) is 7.91. The largest absolute Gasteiger partial charge is 0.466 e.